The normalized spacial score (nSPS) is 10.9. The van der Waals surface area contributed by atoms with E-state index in [2.05, 4.69) is 31.2 Å². The first-order valence-electron chi connectivity index (χ1n) is 7.08. The Morgan fingerprint density at radius 3 is 1.33 bits per heavy atom. The lowest BCUT2D eigenvalue weighted by Gasteiger charge is -2.12. The van der Waals surface area contributed by atoms with Crippen LogP contribution < -0.4 is 10.9 Å². The molecule has 0 saturated heterocycles. The number of anilines is 2. The molecule has 0 amide bonds. The summed E-state index contributed by atoms with van der Waals surface area (Å²) in [6.07, 6.45) is 0. The molecule has 0 saturated carbocycles. The third-order valence-corrected chi connectivity index (χ3v) is 4.14. The van der Waals surface area contributed by atoms with Crippen LogP contribution in [0.4, 0.5) is 11.6 Å². The van der Waals surface area contributed by atoms with Gasteiger partial charge in [-0.05, 0) is 0 Å². The molecule has 0 aliphatic carbocycles. The lowest BCUT2D eigenvalue weighted by Crippen LogP contribution is -2.13. The average Bonchev–Trinajstić information content (AvgIpc) is 2.63. The summed E-state index contributed by atoms with van der Waals surface area (Å²) in [5.74, 6) is 1.08. The van der Waals surface area contributed by atoms with Crippen LogP contribution in [0.25, 0.3) is 21.5 Å². The van der Waals surface area contributed by atoms with Crippen molar-refractivity contribution in [3.05, 3.63) is 58.8 Å². The molecule has 0 bridgehead atoms. The minimum absolute atomic E-state index is 0.355. The molecule has 0 radical (unpaired) electrons. The van der Waals surface area contributed by atoms with Gasteiger partial charge in [0, 0.05) is 21.5 Å². The Bertz CT molecular complexity index is 968. The molecular weight excluding hydrogens is 347 g/mol. The zero-order valence-electron chi connectivity index (χ0n) is 12.2. The Balaban J connectivity index is 1.72. The minimum Gasteiger partial charge on any atom is -0.281 e. The number of aromatic nitrogens is 4. The van der Waals surface area contributed by atoms with E-state index in [1.54, 1.807) is 0 Å². The highest BCUT2D eigenvalue weighted by molar-refractivity contribution is 6.35. The monoisotopic (exact) mass is 356 g/mol. The number of nitrogens with one attached hydrogen (secondary N) is 2. The fraction of sp³-hybridized carbons (Fsp3) is 0. The van der Waals surface area contributed by atoms with Gasteiger partial charge in [0.25, 0.3) is 0 Å². The molecule has 4 rings (SSSR count). The quantitative estimate of drug-likeness (QED) is 0.532. The second-order valence-corrected chi connectivity index (χ2v) is 5.74. The number of hydrogen-bond donors (Lipinski definition) is 2. The first-order valence-corrected chi connectivity index (χ1v) is 7.83. The van der Waals surface area contributed by atoms with Gasteiger partial charge >= 0.3 is 0 Å². The Kier molecular flexibility index (Phi) is 3.76. The summed E-state index contributed by atoms with van der Waals surface area (Å²) in [5, 5.41) is 20.1. The van der Waals surface area contributed by atoms with Crippen molar-refractivity contribution in [2.24, 2.45) is 0 Å². The standard InChI is InChI=1S/C16H10Cl2N6/c17-13-9-5-1-3-7-11(9)15(21-19-13)23-24-16-12-8-4-2-6-10(12)14(18)20-22-16/h1-8H,(H,21,23)(H,22,24). The van der Waals surface area contributed by atoms with Crippen molar-refractivity contribution in [3.8, 4) is 0 Å². The predicted octanol–water partition coefficient (Wildman–Crippen LogP) is 4.32. The molecule has 0 spiro atoms. The van der Waals surface area contributed by atoms with Gasteiger partial charge in [0.1, 0.15) is 0 Å². The van der Waals surface area contributed by atoms with Crippen LogP contribution in [0.3, 0.4) is 0 Å². The van der Waals surface area contributed by atoms with Gasteiger partial charge in [-0.15, -0.1) is 20.4 Å². The Morgan fingerprint density at radius 2 is 0.917 bits per heavy atom. The van der Waals surface area contributed by atoms with Gasteiger partial charge in [-0.1, -0.05) is 71.7 Å². The third kappa shape index (κ3) is 2.55. The summed E-state index contributed by atoms with van der Waals surface area (Å²) in [6, 6.07) is 15.2. The van der Waals surface area contributed by atoms with Crippen molar-refractivity contribution in [1.29, 1.82) is 0 Å². The molecular formula is C16H10Cl2N6. The number of hydrogen-bond acceptors (Lipinski definition) is 6. The van der Waals surface area contributed by atoms with Crippen molar-refractivity contribution in [2.45, 2.75) is 0 Å². The number of nitrogens with zero attached hydrogens (tertiary/aromatic N) is 4. The van der Waals surface area contributed by atoms with Gasteiger partial charge in [0.15, 0.2) is 21.9 Å². The van der Waals surface area contributed by atoms with Crippen molar-refractivity contribution in [1.82, 2.24) is 20.4 Å². The summed E-state index contributed by atoms with van der Waals surface area (Å²) >= 11 is 12.2. The molecule has 2 aromatic heterocycles. The van der Waals surface area contributed by atoms with Gasteiger partial charge in [-0.3, -0.25) is 10.9 Å². The van der Waals surface area contributed by atoms with Crippen LogP contribution in [-0.2, 0) is 0 Å². The maximum atomic E-state index is 6.08. The number of rotatable bonds is 3. The second-order valence-electron chi connectivity index (χ2n) is 5.02. The van der Waals surface area contributed by atoms with Gasteiger partial charge < -0.3 is 0 Å². The zero-order valence-corrected chi connectivity index (χ0v) is 13.7. The fourth-order valence-electron chi connectivity index (χ4n) is 2.45. The van der Waals surface area contributed by atoms with E-state index in [0.717, 1.165) is 21.5 Å². The Labute approximate surface area is 146 Å². The van der Waals surface area contributed by atoms with E-state index in [9.17, 15) is 0 Å². The van der Waals surface area contributed by atoms with E-state index < -0.39 is 0 Å². The molecule has 0 fully saturated rings. The molecule has 0 atom stereocenters. The largest absolute Gasteiger partial charge is 0.281 e. The molecule has 2 heterocycles. The lowest BCUT2D eigenvalue weighted by atomic mass is 10.2. The van der Waals surface area contributed by atoms with Crippen LogP contribution in [0.5, 0.6) is 0 Å². The molecule has 2 aromatic carbocycles. The number of hydrazine groups is 1. The van der Waals surface area contributed by atoms with E-state index in [1.165, 1.54) is 0 Å². The maximum absolute atomic E-state index is 6.08. The molecule has 0 unspecified atom stereocenters. The van der Waals surface area contributed by atoms with E-state index >= 15 is 0 Å². The van der Waals surface area contributed by atoms with Gasteiger partial charge in [0.2, 0.25) is 0 Å². The van der Waals surface area contributed by atoms with Crippen LogP contribution >= 0.6 is 23.2 Å². The van der Waals surface area contributed by atoms with Crippen LogP contribution in [0.1, 0.15) is 0 Å². The van der Waals surface area contributed by atoms with Crippen molar-refractivity contribution in [2.75, 3.05) is 10.9 Å². The van der Waals surface area contributed by atoms with E-state index in [-0.39, 0.29) is 0 Å². The van der Waals surface area contributed by atoms with Crippen LogP contribution in [0.15, 0.2) is 48.5 Å². The van der Waals surface area contributed by atoms with Crippen LogP contribution in [-0.4, -0.2) is 20.4 Å². The second kappa shape index (κ2) is 6.07. The molecule has 118 valence electrons. The van der Waals surface area contributed by atoms with Crippen LogP contribution in [0.2, 0.25) is 10.3 Å². The molecule has 6 nitrogen and oxygen atoms in total. The maximum Gasteiger partial charge on any atom is 0.175 e. The van der Waals surface area contributed by atoms with Gasteiger partial charge in [-0.2, -0.15) is 0 Å². The molecule has 2 N–H and O–H groups in total. The Hall–Kier alpha value is -2.70. The van der Waals surface area contributed by atoms with Gasteiger partial charge in [0.05, 0.1) is 0 Å². The Morgan fingerprint density at radius 1 is 0.542 bits per heavy atom. The first kappa shape index (κ1) is 14.9. The molecule has 8 heteroatoms. The highest BCUT2D eigenvalue weighted by Crippen LogP contribution is 2.28. The molecule has 0 aliphatic rings. The number of benzene rings is 2. The van der Waals surface area contributed by atoms with E-state index in [4.69, 9.17) is 23.2 Å². The molecule has 4 aromatic rings. The summed E-state index contributed by atoms with van der Waals surface area (Å²) in [4.78, 5) is 0. The summed E-state index contributed by atoms with van der Waals surface area (Å²) in [6.45, 7) is 0. The molecule has 24 heavy (non-hydrogen) atoms. The topological polar surface area (TPSA) is 75.6 Å². The smallest absolute Gasteiger partial charge is 0.175 e. The molecule has 0 aliphatic heterocycles. The summed E-state index contributed by atoms with van der Waals surface area (Å²) in [7, 11) is 0. The predicted molar refractivity (Wildman–Crippen MR) is 96.3 cm³/mol. The van der Waals surface area contributed by atoms with Crippen molar-refractivity contribution < 1.29 is 0 Å². The fourth-order valence-corrected chi connectivity index (χ4v) is 2.85. The minimum atomic E-state index is 0.355. The van der Waals surface area contributed by atoms with Crippen molar-refractivity contribution >= 4 is 56.4 Å². The highest BCUT2D eigenvalue weighted by Gasteiger charge is 2.10. The van der Waals surface area contributed by atoms with E-state index in [0.29, 0.717) is 21.9 Å². The summed E-state index contributed by atoms with van der Waals surface area (Å²) in [5.41, 5.74) is 6.03. The van der Waals surface area contributed by atoms with Crippen molar-refractivity contribution in [3.63, 3.8) is 0 Å². The lowest BCUT2D eigenvalue weighted by molar-refractivity contribution is 1.03. The number of fused-ring (bicyclic) bond motifs is 2. The first-order chi connectivity index (χ1) is 11.7. The SMILES string of the molecule is Clc1nnc(NNc2nnc(Cl)c3ccccc23)c2ccccc12. The highest BCUT2D eigenvalue weighted by atomic mass is 35.5. The van der Waals surface area contributed by atoms with Gasteiger partial charge in [-0.25, -0.2) is 0 Å². The van der Waals surface area contributed by atoms with Crippen LogP contribution in [0, 0.1) is 0 Å². The average molecular weight is 357 g/mol. The third-order valence-electron chi connectivity index (χ3n) is 3.58. The van der Waals surface area contributed by atoms with E-state index in [1.807, 2.05) is 48.5 Å². The number of halogens is 2. The zero-order chi connectivity index (χ0) is 16.5. The summed E-state index contributed by atoms with van der Waals surface area (Å²) < 4.78 is 0.